The van der Waals surface area contributed by atoms with Gasteiger partial charge in [0.2, 0.25) is 0 Å². The normalized spacial score (nSPS) is 15.6. The standard InChI is InChI=1S/C25H29N3O3/c1-5-25(6-2)11-12-28-22(29)19-14-15(3)13-18(21(19)27-24(25)28)16(4)26-20-10-8-7-9-17(20)23(30)31/h7-10,13-14,16,26H,5-6,11-12H2,1-4H3,(H,30,31)/t16-/m1/s1. The molecule has 1 aliphatic rings. The highest BCUT2D eigenvalue weighted by Gasteiger charge is 2.39. The highest BCUT2D eigenvalue weighted by Crippen LogP contribution is 2.40. The molecule has 2 heterocycles. The number of carboxylic acid groups (broad SMARTS) is 1. The first-order valence-electron chi connectivity index (χ1n) is 11.0. The smallest absolute Gasteiger partial charge is 0.337 e. The van der Waals surface area contributed by atoms with Gasteiger partial charge in [-0.1, -0.05) is 32.0 Å². The van der Waals surface area contributed by atoms with Crippen LogP contribution in [-0.4, -0.2) is 20.6 Å². The number of benzene rings is 2. The molecule has 0 bridgehead atoms. The highest BCUT2D eigenvalue weighted by atomic mass is 16.4. The van der Waals surface area contributed by atoms with Crippen LogP contribution in [0.3, 0.4) is 0 Å². The monoisotopic (exact) mass is 419 g/mol. The van der Waals surface area contributed by atoms with E-state index >= 15 is 0 Å². The van der Waals surface area contributed by atoms with Crippen LogP contribution in [0.1, 0.15) is 73.4 Å². The molecular formula is C25H29N3O3. The van der Waals surface area contributed by atoms with E-state index in [1.165, 1.54) is 0 Å². The number of hydrogen-bond donors (Lipinski definition) is 2. The zero-order valence-electron chi connectivity index (χ0n) is 18.5. The Labute approximate surface area is 181 Å². The van der Waals surface area contributed by atoms with Crippen molar-refractivity contribution in [3.8, 4) is 0 Å². The zero-order chi connectivity index (χ0) is 22.3. The van der Waals surface area contributed by atoms with Crippen LogP contribution in [0.15, 0.2) is 41.2 Å². The summed E-state index contributed by atoms with van der Waals surface area (Å²) in [5, 5.41) is 13.5. The largest absolute Gasteiger partial charge is 0.478 e. The summed E-state index contributed by atoms with van der Waals surface area (Å²) in [5.41, 5.74) is 3.32. The van der Waals surface area contributed by atoms with Crippen LogP contribution in [-0.2, 0) is 12.0 Å². The molecular weight excluding hydrogens is 390 g/mol. The van der Waals surface area contributed by atoms with Gasteiger partial charge in [0.25, 0.3) is 5.56 Å². The maximum Gasteiger partial charge on any atom is 0.337 e. The average Bonchev–Trinajstić information content (AvgIpc) is 3.13. The van der Waals surface area contributed by atoms with Gasteiger partial charge >= 0.3 is 5.97 Å². The Balaban J connectivity index is 1.88. The SMILES string of the molecule is CCC1(CC)CCn2c1nc1c([C@@H](C)Nc3ccccc3C(=O)O)cc(C)cc1c2=O. The molecule has 0 unspecified atom stereocenters. The van der Waals surface area contributed by atoms with Gasteiger partial charge in [0.1, 0.15) is 5.82 Å². The summed E-state index contributed by atoms with van der Waals surface area (Å²) in [6.45, 7) is 8.99. The Morgan fingerprint density at radius 2 is 1.97 bits per heavy atom. The molecule has 0 amide bonds. The van der Waals surface area contributed by atoms with Crippen molar-refractivity contribution in [2.24, 2.45) is 0 Å². The van der Waals surface area contributed by atoms with Crippen molar-refractivity contribution < 1.29 is 9.90 Å². The molecule has 3 aromatic rings. The van der Waals surface area contributed by atoms with Crippen molar-refractivity contribution >= 4 is 22.6 Å². The number of para-hydroxylation sites is 1. The van der Waals surface area contributed by atoms with E-state index in [2.05, 4.69) is 19.2 Å². The van der Waals surface area contributed by atoms with E-state index < -0.39 is 5.97 Å². The lowest BCUT2D eigenvalue weighted by Crippen LogP contribution is -2.28. The van der Waals surface area contributed by atoms with Crippen molar-refractivity contribution in [3.05, 3.63) is 69.3 Å². The summed E-state index contributed by atoms with van der Waals surface area (Å²) in [6, 6.07) is 10.6. The van der Waals surface area contributed by atoms with Crippen molar-refractivity contribution in [2.45, 2.75) is 65.0 Å². The Morgan fingerprint density at radius 3 is 2.65 bits per heavy atom. The molecule has 0 aliphatic carbocycles. The van der Waals surface area contributed by atoms with Crippen LogP contribution >= 0.6 is 0 Å². The molecule has 4 rings (SSSR count). The summed E-state index contributed by atoms with van der Waals surface area (Å²) >= 11 is 0. The van der Waals surface area contributed by atoms with Crippen molar-refractivity contribution in [1.29, 1.82) is 0 Å². The van der Waals surface area contributed by atoms with E-state index in [-0.39, 0.29) is 22.6 Å². The van der Waals surface area contributed by atoms with E-state index in [4.69, 9.17) is 4.98 Å². The first-order chi connectivity index (χ1) is 14.8. The molecule has 0 saturated heterocycles. The lowest BCUT2D eigenvalue weighted by atomic mass is 9.80. The van der Waals surface area contributed by atoms with E-state index in [1.54, 1.807) is 18.2 Å². The Morgan fingerprint density at radius 1 is 1.26 bits per heavy atom. The van der Waals surface area contributed by atoms with E-state index in [0.717, 1.165) is 36.2 Å². The number of nitrogens with one attached hydrogen (secondary N) is 1. The van der Waals surface area contributed by atoms with Gasteiger partial charge in [0.15, 0.2) is 0 Å². The maximum atomic E-state index is 13.4. The van der Waals surface area contributed by atoms with Crippen LogP contribution < -0.4 is 10.9 Å². The molecule has 6 heteroatoms. The van der Waals surface area contributed by atoms with E-state index in [0.29, 0.717) is 23.1 Å². The van der Waals surface area contributed by atoms with Crippen molar-refractivity contribution in [2.75, 3.05) is 5.32 Å². The topological polar surface area (TPSA) is 84.2 Å². The predicted octanol–water partition coefficient (Wildman–Crippen LogP) is 5.04. The summed E-state index contributed by atoms with van der Waals surface area (Å²) in [4.78, 5) is 30.1. The molecule has 1 aliphatic heterocycles. The van der Waals surface area contributed by atoms with Gasteiger partial charge in [-0.05, 0) is 56.9 Å². The Kier molecular flexibility index (Phi) is 5.33. The molecule has 0 spiro atoms. The fraction of sp³-hybridized carbons (Fsp3) is 0.400. The third-order valence-corrected chi connectivity index (χ3v) is 6.87. The lowest BCUT2D eigenvalue weighted by Gasteiger charge is -2.26. The molecule has 6 nitrogen and oxygen atoms in total. The van der Waals surface area contributed by atoms with Crippen LogP contribution in [0.2, 0.25) is 0 Å². The summed E-state index contributed by atoms with van der Waals surface area (Å²) in [6.07, 6.45) is 2.83. The number of nitrogens with zero attached hydrogens (tertiary/aromatic N) is 2. The number of aromatic nitrogens is 2. The molecule has 2 aromatic carbocycles. The number of fused-ring (bicyclic) bond motifs is 2. The number of aromatic carboxylic acids is 1. The minimum atomic E-state index is -0.978. The fourth-order valence-corrected chi connectivity index (χ4v) is 4.91. The van der Waals surface area contributed by atoms with Gasteiger partial charge in [-0.25, -0.2) is 9.78 Å². The van der Waals surface area contributed by atoms with E-state index in [1.807, 2.05) is 36.6 Å². The quantitative estimate of drug-likeness (QED) is 0.585. The Bertz CT molecular complexity index is 1220. The number of hydrogen-bond acceptors (Lipinski definition) is 4. The second-order valence-electron chi connectivity index (χ2n) is 8.60. The van der Waals surface area contributed by atoms with Crippen LogP contribution in [0.5, 0.6) is 0 Å². The van der Waals surface area contributed by atoms with Gasteiger partial charge < -0.3 is 10.4 Å². The predicted molar refractivity (Wildman–Crippen MR) is 123 cm³/mol. The van der Waals surface area contributed by atoms with Gasteiger partial charge in [-0.3, -0.25) is 9.36 Å². The molecule has 0 radical (unpaired) electrons. The molecule has 162 valence electrons. The molecule has 0 saturated carbocycles. The van der Waals surface area contributed by atoms with Gasteiger partial charge in [-0.15, -0.1) is 0 Å². The molecule has 1 aromatic heterocycles. The average molecular weight is 420 g/mol. The zero-order valence-corrected chi connectivity index (χ0v) is 18.5. The maximum absolute atomic E-state index is 13.4. The first kappa shape index (κ1) is 21.1. The first-order valence-corrected chi connectivity index (χ1v) is 11.0. The minimum absolute atomic E-state index is 0.0202. The second kappa shape index (κ2) is 7.84. The Hall–Kier alpha value is -3.15. The third kappa shape index (κ3) is 3.40. The van der Waals surface area contributed by atoms with Crippen LogP contribution in [0, 0.1) is 6.92 Å². The summed E-state index contributed by atoms with van der Waals surface area (Å²) in [5.74, 6) is -0.0903. The third-order valence-electron chi connectivity index (χ3n) is 6.87. The fourth-order valence-electron chi connectivity index (χ4n) is 4.91. The highest BCUT2D eigenvalue weighted by molar-refractivity contribution is 5.94. The number of aryl methyl sites for hydroxylation is 1. The summed E-state index contributed by atoms with van der Waals surface area (Å²) < 4.78 is 1.86. The van der Waals surface area contributed by atoms with Gasteiger partial charge in [0, 0.05) is 23.2 Å². The number of rotatable bonds is 6. The number of carboxylic acids is 1. The van der Waals surface area contributed by atoms with Gasteiger partial charge in [-0.2, -0.15) is 0 Å². The molecule has 0 fully saturated rings. The summed E-state index contributed by atoms with van der Waals surface area (Å²) in [7, 11) is 0. The van der Waals surface area contributed by atoms with Gasteiger partial charge in [0.05, 0.1) is 22.5 Å². The lowest BCUT2D eigenvalue weighted by molar-refractivity contribution is 0.0698. The second-order valence-corrected chi connectivity index (χ2v) is 8.60. The number of anilines is 1. The van der Waals surface area contributed by atoms with Crippen molar-refractivity contribution in [3.63, 3.8) is 0 Å². The molecule has 1 atom stereocenters. The molecule has 2 N–H and O–H groups in total. The van der Waals surface area contributed by atoms with Crippen molar-refractivity contribution in [1.82, 2.24) is 9.55 Å². The van der Waals surface area contributed by atoms with E-state index in [9.17, 15) is 14.7 Å². The number of carbonyl (C=O) groups is 1. The van der Waals surface area contributed by atoms with Crippen LogP contribution in [0.25, 0.3) is 10.9 Å². The molecule has 31 heavy (non-hydrogen) atoms. The minimum Gasteiger partial charge on any atom is -0.478 e. The van der Waals surface area contributed by atoms with Crippen LogP contribution in [0.4, 0.5) is 5.69 Å².